The summed E-state index contributed by atoms with van der Waals surface area (Å²) < 4.78 is 0. The molecule has 0 heterocycles. The molecule has 0 heteroatoms. The van der Waals surface area contributed by atoms with Gasteiger partial charge >= 0.3 is 0 Å². The van der Waals surface area contributed by atoms with E-state index in [0.717, 1.165) is 34.5 Å². The number of hydrogen-bond donors (Lipinski definition) is 0. The predicted molar refractivity (Wildman–Crippen MR) is 62.4 cm³/mol. The van der Waals surface area contributed by atoms with Gasteiger partial charge in [0.05, 0.1) is 0 Å². The zero-order chi connectivity index (χ0) is 10.6. The van der Waals surface area contributed by atoms with Crippen LogP contribution < -0.4 is 0 Å². The van der Waals surface area contributed by atoms with E-state index in [2.05, 4.69) is 27.7 Å². The molecule has 0 radical (unpaired) electrons. The minimum Gasteiger partial charge on any atom is -0.0596 e. The molecule has 0 aromatic rings. The van der Waals surface area contributed by atoms with Gasteiger partial charge in [-0.25, -0.2) is 0 Å². The second-order valence-electron chi connectivity index (χ2n) is 8.04. The molecule has 84 valence electrons. The van der Waals surface area contributed by atoms with Gasteiger partial charge in [-0.15, -0.1) is 0 Å². The van der Waals surface area contributed by atoms with Crippen molar-refractivity contribution < 1.29 is 0 Å². The Labute approximate surface area is 93.8 Å². The Morgan fingerprint density at radius 1 is 0.867 bits per heavy atom. The summed E-state index contributed by atoms with van der Waals surface area (Å²) in [6.07, 6.45) is 6.10. The molecule has 5 aliphatic rings. The molecule has 0 saturated heterocycles. The van der Waals surface area contributed by atoms with Crippen LogP contribution in [0.1, 0.15) is 53.4 Å². The molecule has 6 bridgehead atoms. The molecule has 5 aliphatic carbocycles. The van der Waals surface area contributed by atoms with Crippen molar-refractivity contribution in [3.8, 4) is 0 Å². The fourth-order valence-electron chi connectivity index (χ4n) is 6.75. The van der Waals surface area contributed by atoms with E-state index in [1.165, 1.54) is 19.3 Å². The molecule has 0 aliphatic heterocycles. The van der Waals surface area contributed by atoms with Gasteiger partial charge in [0.1, 0.15) is 0 Å². The standard InChI is InChI=1S/C15H24/c1-13(2)6-5-7-14(3)9-8-10-12(11(9)13)15(10,14)4/h9-12H,5-8H2,1-4H3/t9?,10-,11+,12?,14?,15-/m0/s1. The van der Waals surface area contributed by atoms with Gasteiger partial charge < -0.3 is 0 Å². The minimum absolute atomic E-state index is 0.649. The predicted octanol–water partition coefficient (Wildman–Crippen LogP) is 4.10. The van der Waals surface area contributed by atoms with Crippen molar-refractivity contribution >= 4 is 0 Å². The maximum atomic E-state index is 2.64. The summed E-state index contributed by atoms with van der Waals surface area (Å²) in [6, 6.07) is 0. The summed E-state index contributed by atoms with van der Waals surface area (Å²) in [5.74, 6) is 4.44. The van der Waals surface area contributed by atoms with Gasteiger partial charge in [-0.05, 0) is 59.2 Å². The van der Waals surface area contributed by atoms with Gasteiger partial charge in [-0.2, -0.15) is 0 Å². The van der Waals surface area contributed by atoms with E-state index in [-0.39, 0.29) is 0 Å². The normalized spacial score (nSPS) is 68.0. The first-order valence-corrected chi connectivity index (χ1v) is 6.93. The highest BCUT2D eigenvalue weighted by Crippen LogP contribution is 2.91. The largest absolute Gasteiger partial charge is 0.0596 e. The molecule has 0 aromatic carbocycles. The van der Waals surface area contributed by atoms with E-state index in [4.69, 9.17) is 0 Å². The topological polar surface area (TPSA) is 0 Å². The summed E-state index contributed by atoms with van der Waals surface area (Å²) in [4.78, 5) is 0. The van der Waals surface area contributed by atoms with Crippen molar-refractivity contribution in [1.82, 2.24) is 0 Å². The molecule has 5 fully saturated rings. The Morgan fingerprint density at radius 3 is 2.27 bits per heavy atom. The van der Waals surface area contributed by atoms with E-state index in [1.807, 2.05) is 0 Å². The second kappa shape index (κ2) is 2.05. The third-order valence-corrected chi connectivity index (χ3v) is 7.58. The van der Waals surface area contributed by atoms with Gasteiger partial charge in [-0.3, -0.25) is 0 Å². The second-order valence-corrected chi connectivity index (χ2v) is 8.04. The third kappa shape index (κ3) is 0.666. The summed E-state index contributed by atoms with van der Waals surface area (Å²) in [5.41, 5.74) is 2.16. The van der Waals surface area contributed by atoms with E-state index in [0.29, 0.717) is 5.41 Å². The summed E-state index contributed by atoms with van der Waals surface area (Å²) in [7, 11) is 0. The summed E-state index contributed by atoms with van der Waals surface area (Å²) >= 11 is 0. The molecular formula is C15H24. The molecule has 5 rings (SSSR count). The van der Waals surface area contributed by atoms with Crippen molar-refractivity contribution in [3.05, 3.63) is 0 Å². The van der Waals surface area contributed by atoms with Gasteiger partial charge in [-0.1, -0.05) is 34.1 Å². The lowest BCUT2D eigenvalue weighted by Gasteiger charge is -2.35. The average molecular weight is 204 g/mol. The van der Waals surface area contributed by atoms with Crippen LogP contribution in [0.5, 0.6) is 0 Å². The minimum atomic E-state index is 0.649. The van der Waals surface area contributed by atoms with Crippen LogP contribution in [0.15, 0.2) is 0 Å². The fraction of sp³-hybridized carbons (Fsp3) is 1.00. The van der Waals surface area contributed by atoms with Gasteiger partial charge in [0.15, 0.2) is 0 Å². The lowest BCUT2D eigenvalue weighted by Crippen LogP contribution is -2.29. The number of hydrogen-bond acceptors (Lipinski definition) is 0. The van der Waals surface area contributed by atoms with Crippen LogP contribution >= 0.6 is 0 Å². The molecule has 0 aromatic heterocycles. The molecule has 3 unspecified atom stereocenters. The maximum Gasteiger partial charge on any atom is -0.0204 e. The van der Waals surface area contributed by atoms with Crippen molar-refractivity contribution in [2.24, 2.45) is 39.9 Å². The first-order chi connectivity index (χ1) is 6.93. The van der Waals surface area contributed by atoms with Gasteiger partial charge in [0, 0.05) is 0 Å². The van der Waals surface area contributed by atoms with Crippen LogP contribution in [0.4, 0.5) is 0 Å². The average Bonchev–Trinajstić information content (AvgIpc) is 2.49. The Hall–Kier alpha value is 0. The fourth-order valence-corrected chi connectivity index (χ4v) is 6.75. The Bertz CT molecular complexity index is 342. The van der Waals surface area contributed by atoms with E-state index in [1.54, 1.807) is 6.42 Å². The highest BCUT2D eigenvalue weighted by Gasteiger charge is 2.86. The molecule has 0 amide bonds. The van der Waals surface area contributed by atoms with Crippen LogP contribution in [0.3, 0.4) is 0 Å². The summed E-state index contributed by atoms with van der Waals surface area (Å²) in [5, 5.41) is 0. The molecule has 6 atom stereocenters. The molecular weight excluding hydrogens is 180 g/mol. The van der Waals surface area contributed by atoms with Gasteiger partial charge in [0.2, 0.25) is 0 Å². The van der Waals surface area contributed by atoms with Crippen molar-refractivity contribution in [2.45, 2.75) is 53.4 Å². The Kier molecular flexibility index (Phi) is 1.24. The summed E-state index contributed by atoms with van der Waals surface area (Å²) in [6.45, 7) is 10.4. The van der Waals surface area contributed by atoms with Gasteiger partial charge in [0.25, 0.3) is 0 Å². The van der Waals surface area contributed by atoms with Crippen LogP contribution in [-0.4, -0.2) is 0 Å². The highest BCUT2D eigenvalue weighted by atomic mass is 14.9. The zero-order valence-electron chi connectivity index (χ0n) is 10.6. The first-order valence-electron chi connectivity index (χ1n) is 6.93. The van der Waals surface area contributed by atoms with Crippen LogP contribution in [0, 0.1) is 39.9 Å². The first kappa shape index (κ1) is 9.07. The lowest BCUT2D eigenvalue weighted by molar-refractivity contribution is 0.127. The molecule has 0 nitrogen and oxygen atoms in total. The highest BCUT2D eigenvalue weighted by molar-refractivity contribution is 5.33. The molecule has 0 N–H and O–H groups in total. The van der Waals surface area contributed by atoms with E-state index >= 15 is 0 Å². The van der Waals surface area contributed by atoms with Crippen LogP contribution in [0.2, 0.25) is 0 Å². The van der Waals surface area contributed by atoms with E-state index < -0.39 is 0 Å². The van der Waals surface area contributed by atoms with E-state index in [9.17, 15) is 0 Å². The third-order valence-electron chi connectivity index (χ3n) is 7.58. The zero-order valence-corrected chi connectivity index (χ0v) is 10.6. The van der Waals surface area contributed by atoms with Crippen molar-refractivity contribution in [2.75, 3.05) is 0 Å². The molecule has 15 heavy (non-hydrogen) atoms. The lowest BCUT2D eigenvalue weighted by atomic mass is 9.69. The Balaban J connectivity index is 1.89. The quantitative estimate of drug-likeness (QED) is 0.557. The van der Waals surface area contributed by atoms with Crippen molar-refractivity contribution in [1.29, 1.82) is 0 Å². The Morgan fingerprint density at radius 2 is 1.60 bits per heavy atom. The molecule has 5 saturated carbocycles. The SMILES string of the molecule is CC1(C)CCCC2(C)C3C[C@H]4C([C@@H]31)[C@]42C. The smallest absolute Gasteiger partial charge is 0.0204 e. The van der Waals surface area contributed by atoms with Crippen LogP contribution in [-0.2, 0) is 0 Å². The molecule has 0 spiro atoms. The van der Waals surface area contributed by atoms with Crippen molar-refractivity contribution in [3.63, 3.8) is 0 Å². The monoisotopic (exact) mass is 204 g/mol. The number of rotatable bonds is 0. The van der Waals surface area contributed by atoms with Crippen LogP contribution in [0.25, 0.3) is 0 Å². The maximum absolute atomic E-state index is 2.64.